The van der Waals surface area contributed by atoms with Crippen molar-refractivity contribution in [2.75, 3.05) is 4.90 Å². The maximum absolute atomic E-state index is 13.0. The van der Waals surface area contributed by atoms with Gasteiger partial charge in [-0.1, -0.05) is 23.8 Å². The Morgan fingerprint density at radius 3 is 2.46 bits per heavy atom. The average Bonchev–Trinajstić information content (AvgIpc) is 2.87. The summed E-state index contributed by atoms with van der Waals surface area (Å²) in [5, 5.41) is 0. The van der Waals surface area contributed by atoms with Gasteiger partial charge in [-0.05, 0) is 44.5 Å². The fourth-order valence-corrected chi connectivity index (χ4v) is 3.46. The quantitative estimate of drug-likeness (QED) is 0.659. The van der Waals surface area contributed by atoms with E-state index in [1.165, 1.54) is 15.4 Å². The number of imide groups is 1. The summed E-state index contributed by atoms with van der Waals surface area (Å²) in [4.78, 5) is 45.2. The maximum Gasteiger partial charge on any atom is 0.332 e. The molecule has 4 rings (SSSR count). The Balaban J connectivity index is 1.68. The van der Waals surface area contributed by atoms with Gasteiger partial charge >= 0.3 is 6.03 Å². The number of aromatic nitrogens is 2. The first-order valence-electron chi connectivity index (χ1n) is 9.06. The molecule has 1 fully saturated rings. The van der Waals surface area contributed by atoms with Gasteiger partial charge in [-0.2, -0.15) is 0 Å². The summed E-state index contributed by atoms with van der Waals surface area (Å²) in [6.07, 6.45) is 1.65. The van der Waals surface area contributed by atoms with Crippen LogP contribution in [0, 0.1) is 13.8 Å². The van der Waals surface area contributed by atoms with E-state index >= 15 is 0 Å². The maximum atomic E-state index is 13.0. The Labute approximate surface area is 161 Å². The van der Waals surface area contributed by atoms with Crippen molar-refractivity contribution >= 4 is 23.3 Å². The first-order valence-corrected chi connectivity index (χ1v) is 9.06. The van der Waals surface area contributed by atoms with Crippen LogP contribution in [0.2, 0.25) is 0 Å². The van der Waals surface area contributed by atoms with Crippen molar-refractivity contribution in [3.05, 3.63) is 75.8 Å². The number of carbonyl (C=O) groups excluding carboxylic acids is 2. The standard InChI is InChI=1S/C21H20N4O3/c1-13-6-8-17(9-7-13)25-15(3)20(27)24(21(25)28)12-16-11-18(26)23-10-4-5-14(2)19(23)22-16/h4-11,15H,12H2,1-3H3. The summed E-state index contributed by atoms with van der Waals surface area (Å²) >= 11 is 0. The van der Waals surface area contributed by atoms with E-state index in [2.05, 4.69) is 4.98 Å². The fourth-order valence-electron chi connectivity index (χ4n) is 3.46. The number of rotatable bonds is 3. The van der Waals surface area contributed by atoms with Gasteiger partial charge in [0, 0.05) is 18.0 Å². The van der Waals surface area contributed by atoms with Crippen LogP contribution in [-0.4, -0.2) is 32.3 Å². The van der Waals surface area contributed by atoms with E-state index in [0.717, 1.165) is 16.0 Å². The minimum atomic E-state index is -0.613. The number of pyridine rings is 1. The summed E-state index contributed by atoms with van der Waals surface area (Å²) in [5.74, 6) is -0.308. The van der Waals surface area contributed by atoms with Crippen LogP contribution >= 0.6 is 0 Å². The molecule has 0 bridgehead atoms. The highest BCUT2D eigenvalue weighted by Gasteiger charge is 2.43. The number of hydrogen-bond acceptors (Lipinski definition) is 4. The van der Waals surface area contributed by atoms with Crippen molar-refractivity contribution in [2.24, 2.45) is 0 Å². The SMILES string of the molecule is Cc1ccc(N2C(=O)N(Cc3cc(=O)n4cccc(C)c4n3)C(=O)C2C)cc1. The van der Waals surface area contributed by atoms with Crippen LogP contribution in [0.5, 0.6) is 0 Å². The van der Waals surface area contributed by atoms with E-state index in [1.807, 2.05) is 44.2 Å². The highest BCUT2D eigenvalue weighted by molar-refractivity contribution is 6.13. The minimum Gasteiger partial charge on any atom is -0.282 e. The molecule has 7 heteroatoms. The second kappa shape index (κ2) is 6.60. The Morgan fingerprint density at radius 1 is 1.04 bits per heavy atom. The normalized spacial score (nSPS) is 17.0. The molecule has 0 N–H and O–H groups in total. The fraction of sp³-hybridized carbons (Fsp3) is 0.238. The van der Waals surface area contributed by atoms with Gasteiger partial charge in [-0.15, -0.1) is 0 Å². The zero-order chi connectivity index (χ0) is 20.0. The number of hydrogen-bond donors (Lipinski definition) is 0. The lowest BCUT2D eigenvalue weighted by molar-refractivity contribution is -0.127. The zero-order valence-corrected chi connectivity index (χ0v) is 15.9. The molecule has 3 amide bonds. The largest absolute Gasteiger partial charge is 0.332 e. The number of aryl methyl sites for hydroxylation is 2. The minimum absolute atomic E-state index is 0.0373. The molecular formula is C21H20N4O3. The molecule has 0 saturated carbocycles. The van der Waals surface area contributed by atoms with Crippen LogP contribution in [0.1, 0.15) is 23.7 Å². The van der Waals surface area contributed by atoms with Crippen molar-refractivity contribution in [3.8, 4) is 0 Å². The van der Waals surface area contributed by atoms with Gasteiger partial charge in [0.05, 0.1) is 12.2 Å². The summed E-state index contributed by atoms with van der Waals surface area (Å²) in [6.45, 7) is 5.48. The summed E-state index contributed by atoms with van der Waals surface area (Å²) in [5.41, 5.74) is 3.25. The first-order chi connectivity index (χ1) is 13.4. The lowest BCUT2D eigenvalue weighted by Gasteiger charge is -2.19. The number of benzene rings is 1. The molecule has 1 aromatic carbocycles. The molecule has 7 nitrogen and oxygen atoms in total. The Bertz CT molecular complexity index is 1150. The lowest BCUT2D eigenvalue weighted by Crippen LogP contribution is -2.34. The predicted molar refractivity (Wildman–Crippen MR) is 105 cm³/mol. The van der Waals surface area contributed by atoms with Crippen LogP contribution in [0.3, 0.4) is 0 Å². The first kappa shape index (κ1) is 17.9. The van der Waals surface area contributed by atoms with E-state index in [-0.39, 0.29) is 18.0 Å². The molecule has 0 spiro atoms. The lowest BCUT2D eigenvalue weighted by atomic mass is 10.2. The van der Waals surface area contributed by atoms with E-state index in [4.69, 9.17) is 0 Å². The van der Waals surface area contributed by atoms with Gasteiger partial charge in [0.25, 0.3) is 11.5 Å². The average molecular weight is 376 g/mol. The van der Waals surface area contributed by atoms with Crippen LogP contribution in [0.25, 0.3) is 5.65 Å². The number of nitrogens with zero attached hydrogens (tertiary/aromatic N) is 4. The third-order valence-corrected chi connectivity index (χ3v) is 5.02. The van der Waals surface area contributed by atoms with Crippen molar-refractivity contribution < 1.29 is 9.59 Å². The van der Waals surface area contributed by atoms with Crippen molar-refractivity contribution in [1.29, 1.82) is 0 Å². The topological polar surface area (TPSA) is 75.0 Å². The Hall–Kier alpha value is -3.48. The number of anilines is 1. The molecule has 2 aromatic heterocycles. The van der Waals surface area contributed by atoms with Gasteiger partial charge in [0.1, 0.15) is 11.7 Å². The number of urea groups is 1. The van der Waals surface area contributed by atoms with Crippen LogP contribution in [-0.2, 0) is 11.3 Å². The summed E-state index contributed by atoms with van der Waals surface area (Å²) < 4.78 is 1.45. The number of carbonyl (C=O) groups is 2. The molecule has 28 heavy (non-hydrogen) atoms. The Morgan fingerprint density at radius 2 is 1.75 bits per heavy atom. The molecule has 1 aliphatic rings. The molecule has 142 valence electrons. The zero-order valence-electron chi connectivity index (χ0n) is 15.9. The third-order valence-electron chi connectivity index (χ3n) is 5.02. The van der Waals surface area contributed by atoms with E-state index in [1.54, 1.807) is 19.2 Å². The van der Waals surface area contributed by atoms with Gasteiger partial charge in [0.2, 0.25) is 0 Å². The van der Waals surface area contributed by atoms with Gasteiger partial charge in [0.15, 0.2) is 0 Å². The highest BCUT2D eigenvalue weighted by Crippen LogP contribution is 2.27. The van der Waals surface area contributed by atoms with E-state index in [9.17, 15) is 14.4 Å². The smallest absolute Gasteiger partial charge is 0.282 e. The van der Waals surface area contributed by atoms with Crippen molar-refractivity contribution in [1.82, 2.24) is 14.3 Å². The number of amides is 3. The van der Waals surface area contributed by atoms with E-state index in [0.29, 0.717) is 17.0 Å². The molecule has 1 saturated heterocycles. The Kier molecular flexibility index (Phi) is 4.22. The molecular weight excluding hydrogens is 356 g/mol. The van der Waals surface area contributed by atoms with Gasteiger partial charge < -0.3 is 0 Å². The molecule has 0 radical (unpaired) electrons. The third kappa shape index (κ3) is 2.85. The number of fused-ring (bicyclic) bond motifs is 1. The van der Waals surface area contributed by atoms with Crippen molar-refractivity contribution in [3.63, 3.8) is 0 Å². The molecule has 3 aromatic rings. The van der Waals surface area contributed by atoms with E-state index < -0.39 is 12.1 Å². The van der Waals surface area contributed by atoms with Crippen LogP contribution in [0.4, 0.5) is 10.5 Å². The molecule has 3 heterocycles. The van der Waals surface area contributed by atoms with Gasteiger partial charge in [-0.3, -0.25) is 23.8 Å². The second-order valence-corrected chi connectivity index (χ2v) is 7.06. The van der Waals surface area contributed by atoms with Gasteiger partial charge in [-0.25, -0.2) is 9.78 Å². The predicted octanol–water partition coefficient (Wildman–Crippen LogP) is 2.67. The monoisotopic (exact) mass is 376 g/mol. The molecule has 1 aliphatic heterocycles. The second-order valence-electron chi connectivity index (χ2n) is 7.06. The van der Waals surface area contributed by atoms with Crippen LogP contribution < -0.4 is 10.5 Å². The highest BCUT2D eigenvalue weighted by atomic mass is 16.2. The summed E-state index contributed by atoms with van der Waals surface area (Å²) in [7, 11) is 0. The molecule has 1 unspecified atom stereocenters. The molecule has 1 atom stereocenters. The summed E-state index contributed by atoms with van der Waals surface area (Å²) in [6, 6.07) is 11.4. The van der Waals surface area contributed by atoms with Crippen LogP contribution in [0.15, 0.2) is 53.5 Å². The van der Waals surface area contributed by atoms with Crippen molar-refractivity contribution in [2.45, 2.75) is 33.4 Å². The molecule has 0 aliphatic carbocycles.